The van der Waals surface area contributed by atoms with Crippen molar-refractivity contribution in [2.45, 2.75) is 19.9 Å². The molecule has 0 aliphatic carbocycles. The number of aromatic nitrogens is 3. The molecule has 34 heavy (non-hydrogen) atoms. The molecule has 0 saturated heterocycles. The number of pyridine rings is 1. The van der Waals surface area contributed by atoms with Gasteiger partial charge in [0.15, 0.2) is 11.2 Å². The molecule has 2 aromatic carbocycles. The zero-order valence-corrected chi connectivity index (χ0v) is 18.9. The molecule has 1 unspecified atom stereocenters. The number of aryl methyl sites for hydroxylation is 2. The largest absolute Gasteiger partial charge is 0.478 e. The second-order valence-electron chi connectivity index (χ2n) is 8.33. The van der Waals surface area contributed by atoms with Crippen molar-refractivity contribution < 1.29 is 14.3 Å². The quantitative estimate of drug-likeness (QED) is 0.388. The molecule has 8 heteroatoms. The number of benzene rings is 2. The van der Waals surface area contributed by atoms with Crippen LogP contribution in [-0.2, 0) is 7.05 Å². The minimum Gasteiger partial charge on any atom is -0.478 e. The van der Waals surface area contributed by atoms with Crippen LogP contribution in [0.3, 0.4) is 0 Å². The number of fused-ring (bicyclic) bond motifs is 2. The highest BCUT2D eigenvalue weighted by molar-refractivity contribution is 5.94. The Bertz CT molecular complexity index is 1630. The maximum absolute atomic E-state index is 13.1. The van der Waals surface area contributed by atoms with E-state index >= 15 is 0 Å². The van der Waals surface area contributed by atoms with Crippen molar-refractivity contribution in [3.05, 3.63) is 87.7 Å². The normalized spacial score (nSPS) is 12.2. The van der Waals surface area contributed by atoms with Gasteiger partial charge in [-0.3, -0.25) is 9.48 Å². The first-order chi connectivity index (χ1) is 16.3. The van der Waals surface area contributed by atoms with Crippen LogP contribution in [0.4, 0.5) is 5.69 Å². The molecule has 0 bridgehead atoms. The lowest BCUT2D eigenvalue weighted by atomic mass is 10.0. The van der Waals surface area contributed by atoms with E-state index < -0.39 is 5.97 Å². The maximum Gasteiger partial charge on any atom is 0.337 e. The molecule has 5 aromatic rings. The lowest BCUT2D eigenvalue weighted by molar-refractivity contribution is 0.0698. The van der Waals surface area contributed by atoms with Crippen molar-refractivity contribution in [3.8, 4) is 11.5 Å². The SMILES string of the molecule is Cc1cc(C(C)Nc2ccccc2C(=O)O)c2oc(-c3ccc4nn(C)cc4n3)cc(=O)c2c1. The van der Waals surface area contributed by atoms with Crippen LogP contribution in [-0.4, -0.2) is 25.8 Å². The summed E-state index contributed by atoms with van der Waals surface area (Å²) in [5.74, 6) is -0.665. The third-order valence-electron chi connectivity index (χ3n) is 5.73. The van der Waals surface area contributed by atoms with Crippen molar-refractivity contribution in [3.63, 3.8) is 0 Å². The van der Waals surface area contributed by atoms with Crippen LogP contribution < -0.4 is 10.7 Å². The van der Waals surface area contributed by atoms with Crippen molar-refractivity contribution in [2.75, 3.05) is 5.32 Å². The van der Waals surface area contributed by atoms with E-state index in [1.807, 2.05) is 33.0 Å². The number of carboxylic acids is 1. The van der Waals surface area contributed by atoms with E-state index in [1.165, 1.54) is 6.07 Å². The molecule has 5 rings (SSSR count). The zero-order chi connectivity index (χ0) is 24.0. The summed E-state index contributed by atoms with van der Waals surface area (Å²) in [5.41, 5.74) is 4.55. The fraction of sp³-hybridized carbons (Fsp3) is 0.154. The van der Waals surface area contributed by atoms with Crippen LogP contribution in [0.1, 0.15) is 34.5 Å². The number of aromatic carboxylic acids is 1. The highest BCUT2D eigenvalue weighted by Crippen LogP contribution is 2.31. The Morgan fingerprint density at radius 1 is 1.12 bits per heavy atom. The first-order valence-corrected chi connectivity index (χ1v) is 10.8. The molecule has 0 aliphatic rings. The maximum atomic E-state index is 13.1. The molecule has 0 aliphatic heterocycles. The van der Waals surface area contributed by atoms with E-state index in [4.69, 9.17) is 4.42 Å². The van der Waals surface area contributed by atoms with Gasteiger partial charge >= 0.3 is 5.97 Å². The highest BCUT2D eigenvalue weighted by Gasteiger charge is 2.19. The summed E-state index contributed by atoms with van der Waals surface area (Å²) in [6.07, 6.45) is 1.80. The van der Waals surface area contributed by atoms with Crippen LogP contribution >= 0.6 is 0 Å². The topological polar surface area (TPSA) is 110 Å². The second kappa shape index (κ2) is 8.15. The van der Waals surface area contributed by atoms with Gasteiger partial charge in [-0.2, -0.15) is 5.10 Å². The summed E-state index contributed by atoms with van der Waals surface area (Å²) in [4.78, 5) is 29.3. The molecule has 0 radical (unpaired) electrons. The highest BCUT2D eigenvalue weighted by atomic mass is 16.4. The second-order valence-corrected chi connectivity index (χ2v) is 8.33. The minimum atomic E-state index is -1.02. The summed E-state index contributed by atoms with van der Waals surface area (Å²) >= 11 is 0. The average molecular weight is 454 g/mol. The number of carbonyl (C=O) groups is 1. The van der Waals surface area contributed by atoms with Crippen molar-refractivity contribution >= 4 is 33.7 Å². The number of hydrogen-bond acceptors (Lipinski definition) is 6. The van der Waals surface area contributed by atoms with E-state index in [0.717, 1.165) is 16.6 Å². The van der Waals surface area contributed by atoms with Gasteiger partial charge in [0.25, 0.3) is 0 Å². The molecule has 8 nitrogen and oxygen atoms in total. The summed E-state index contributed by atoms with van der Waals surface area (Å²) in [7, 11) is 1.82. The number of hydrogen-bond donors (Lipinski definition) is 2. The molecular formula is C26H22N4O4. The predicted molar refractivity (Wildman–Crippen MR) is 130 cm³/mol. The van der Waals surface area contributed by atoms with Crippen molar-refractivity contribution in [1.82, 2.24) is 14.8 Å². The van der Waals surface area contributed by atoms with E-state index in [9.17, 15) is 14.7 Å². The molecule has 0 amide bonds. The van der Waals surface area contributed by atoms with Gasteiger partial charge < -0.3 is 14.8 Å². The van der Waals surface area contributed by atoms with Crippen LogP contribution in [0.25, 0.3) is 33.5 Å². The molecule has 0 spiro atoms. The van der Waals surface area contributed by atoms with Gasteiger partial charge in [-0.05, 0) is 49.7 Å². The molecule has 2 N–H and O–H groups in total. The summed E-state index contributed by atoms with van der Waals surface area (Å²) < 4.78 is 7.94. The van der Waals surface area contributed by atoms with Crippen LogP contribution in [0.15, 0.2) is 70.0 Å². The fourth-order valence-corrected chi connectivity index (χ4v) is 4.15. The van der Waals surface area contributed by atoms with Gasteiger partial charge in [-0.15, -0.1) is 0 Å². The lowest BCUT2D eigenvalue weighted by Crippen LogP contribution is -2.12. The molecule has 3 heterocycles. The van der Waals surface area contributed by atoms with E-state index in [1.54, 1.807) is 47.3 Å². The monoisotopic (exact) mass is 454 g/mol. The van der Waals surface area contributed by atoms with Crippen LogP contribution in [0, 0.1) is 6.92 Å². The molecule has 3 aromatic heterocycles. The number of nitrogens with zero attached hydrogens (tertiary/aromatic N) is 3. The minimum absolute atomic E-state index is 0.169. The third kappa shape index (κ3) is 3.79. The van der Waals surface area contributed by atoms with Gasteiger partial charge in [0.05, 0.1) is 23.2 Å². The van der Waals surface area contributed by atoms with E-state index in [-0.39, 0.29) is 17.0 Å². The Labute approximate surface area is 194 Å². The zero-order valence-electron chi connectivity index (χ0n) is 18.9. The fourth-order valence-electron chi connectivity index (χ4n) is 4.15. The van der Waals surface area contributed by atoms with Gasteiger partial charge in [0.1, 0.15) is 22.3 Å². The Kier molecular flexibility index (Phi) is 5.13. The average Bonchev–Trinajstić information content (AvgIpc) is 3.18. The number of rotatable bonds is 5. The lowest BCUT2D eigenvalue weighted by Gasteiger charge is -2.19. The standard InChI is InChI=1S/C26H22N4O4/c1-14-10-17(15(2)27-19-7-5-4-6-16(19)26(32)33)25-18(11-14)23(31)12-24(34-25)21-9-8-20-22(28-21)13-30(3)29-20/h4-13,15,27H,1-3H3,(H,32,33). The Hall–Kier alpha value is -4.46. The Morgan fingerprint density at radius 2 is 1.91 bits per heavy atom. The van der Waals surface area contributed by atoms with Gasteiger partial charge in [-0.25, -0.2) is 9.78 Å². The number of para-hydroxylation sites is 1. The van der Waals surface area contributed by atoms with E-state index in [0.29, 0.717) is 33.6 Å². The summed E-state index contributed by atoms with van der Waals surface area (Å²) in [6.45, 7) is 3.81. The first-order valence-electron chi connectivity index (χ1n) is 10.8. The molecular weight excluding hydrogens is 432 g/mol. The Morgan fingerprint density at radius 3 is 2.71 bits per heavy atom. The number of nitrogens with one attached hydrogen (secondary N) is 1. The number of anilines is 1. The molecule has 0 fully saturated rings. The van der Waals surface area contributed by atoms with E-state index in [2.05, 4.69) is 15.4 Å². The first kappa shape index (κ1) is 21.4. The van der Waals surface area contributed by atoms with Gasteiger partial charge in [-0.1, -0.05) is 18.2 Å². The molecule has 1 atom stereocenters. The Balaban J connectivity index is 1.64. The number of carboxylic acid groups (broad SMARTS) is 1. The van der Waals surface area contributed by atoms with Crippen molar-refractivity contribution in [1.29, 1.82) is 0 Å². The smallest absolute Gasteiger partial charge is 0.337 e. The summed E-state index contributed by atoms with van der Waals surface area (Å²) in [6, 6.07) is 15.2. The van der Waals surface area contributed by atoms with Gasteiger partial charge in [0.2, 0.25) is 0 Å². The third-order valence-corrected chi connectivity index (χ3v) is 5.73. The van der Waals surface area contributed by atoms with Crippen molar-refractivity contribution in [2.24, 2.45) is 7.05 Å². The van der Waals surface area contributed by atoms with Gasteiger partial charge in [0, 0.05) is 24.4 Å². The predicted octanol–water partition coefficient (Wildman–Crippen LogP) is 4.92. The molecule has 170 valence electrons. The van der Waals surface area contributed by atoms with Crippen LogP contribution in [0.5, 0.6) is 0 Å². The molecule has 0 saturated carbocycles. The van der Waals surface area contributed by atoms with Crippen LogP contribution in [0.2, 0.25) is 0 Å². The summed E-state index contributed by atoms with van der Waals surface area (Å²) in [5, 5.41) is 17.6.